The summed E-state index contributed by atoms with van der Waals surface area (Å²) >= 11 is 12.2. The lowest BCUT2D eigenvalue weighted by atomic mass is 10.1. The number of piperazine rings is 1. The van der Waals surface area contributed by atoms with E-state index in [1.807, 2.05) is 42.2 Å². The quantitative estimate of drug-likeness (QED) is 0.503. The molecule has 2 amide bonds. The monoisotopic (exact) mass is 497 g/mol. The third-order valence-corrected chi connectivity index (χ3v) is 6.53. The second-order valence-electron chi connectivity index (χ2n) is 8.09. The number of carbonyl (C=O) groups is 2. The zero-order valence-corrected chi connectivity index (χ0v) is 20.5. The lowest BCUT2D eigenvalue weighted by Crippen LogP contribution is -2.48. The molecule has 1 aliphatic rings. The minimum Gasteiger partial charge on any atom is -0.496 e. The van der Waals surface area contributed by atoms with Crippen molar-refractivity contribution in [3.8, 4) is 5.75 Å². The third-order valence-electron chi connectivity index (χ3n) is 5.88. The van der Waals surface area contributed by atoms with Crippen LogP contribution in [-0.2, 0) is 0 Å². The molecule has 1 N–H and O–H groups in total. The lowest BCUT2D eigenvalue weighted by molar-refractivity contribution is 0.0743. The molecule has 1 aliphatic heterocycles. The number of nitrogens with zero attached hydrogens (tertiary/aromatic N) is 2. The van der Waals surface area contributed by atoms with Crippen LogP contribution < -0.4 is 15.0 Å². The maximum Gasteiger partial charge on any atom is 0.257 e. The van der Waals surface area contributed by atoms with Crippen molar-refractivity contribution < 1.29 is 14.3 Å². The number of hydrogen-bond acceptors (Lipinski definition) is 4. The first-order valence-electron chi connectivity index (χ1n) is 10.9. The van der Waals surface area contributed by atoms with Crippen LogP contribution in [0.3, 0.4) is 0 Å². The van der Waals surface area contributed by atoms with E-state index in [0.29, 0.717) is 58.8 Å². The largest absolute Gasteiger partial charge is 0.496 e. The van der Waals surface area contributed by atoms with Gasteiger partial charge < -0.3 is 19.9 Å². The first-order valence-corrected chi connectivity index (χ1v) is 11.7. The Morgan fingerprint density at radius 3 is 2.26 bits per heavy atom. The zero-order chi connectivity index (χ0) is 24.2. The summed E-state index contributed by atoms with van der Waals surface area (Å²) in [5.41, 5.74) is 3.64. The molecular weight excluding hydrogens is 473 g/mol. The molecule has 0 saturated carbocycles. The highest BCUT2D eigenvalue weighted by Crippen LogP contribution is 2.26. The second kappa shape index (κ2) is 10.4. The van der Waals surface area contributed by atoms with Gasteiger partial charge in [0.15, 0.2) is 0 Å². The summed E-state index contributed by atoms with van der Waals surface area (Å²) in [7, 11) is 1.54. The van der Waals surface area contributed by atoms with Crippen molar-refractivity contribution in [2.24, 2.45) is 0 Å². The molecule has 8 heteroatoms. The van der Waals surface area contributed by atoms with Gasteiger partial charge in [-0.05, 0) is 67.1 Å². The van der Waals surface area contributed by atoms with Gasteiger partial charge in [-0.2, -0.15) is 0 Å². The van der Waals surface area contributed by atoms with Crippen molar-refractivity contribution in [1.29, 1.82) is 0 Å². The van der Waals surface area contributed by atoms with Crippen molar-refractivity contribution in [1.82, 2.24) is 4.90 Å². The van der Waals surface area contributed by atoms with Gasteiger partial charge in [0.2, 0.25) is 0 Å². The Morgan fingerprint density at radius 2 is 1.62 bits per heavy atom. The second-order valence-corrected chi connectivity index (χ2v) is 8.93. The number of methoxy groups -OCH3 is 1. The van der Waals surface area contributed by atoms with Crippen LogP contribution in [0.5, 0.6) is 5.75 Å². The molecule has 0 bridgehead atoms. The molecule has 34 heavy (non-hydrogen) atoms. The van der Waals surface area contributed by atoms with Crippen molar-refractivity contribution in [3.05, 3.63) is 87.4 Å². The van der Waals surface area contributed by atoms with E-state index < -0.39 is 0 Å². The van der Waals surface area contributed by atoms with E-state index in [0.717, 1.165) is 11.3 Å². The van der Waals surface area contributed by atoms with E-state index in [2.05, 4.69) is 10.2 Å². The Balaban J connectivity index is 1.36. The van der Waals surface area contributed by atoms with E-state index in [4.69, 9.17) is 27.9 Å². The van der Waals surface area contributed by atoms with Crippen LogP contribution in [0.1, 0.15) is 26.3 Å². The van der Waals surface area contributed by atoms with E-state index >= 15 is 0 Å². The Labute approximate surface area is 209 Å². The van der Waals surface area contributed by atoms with Crippen LogP contribution >= 0.6 is 23.2 Å². The van der Waals surface area contributed by atoms with Crippen LogP contribution in [0, 0.1) is 6.92 Å². The van der Waals surface area contributed by atoms with Crippen LogP contribution in [-0.4, -0.2) is 50.0 Å². The summed E-state index contributed by atoms with van der Waals surface area (Å²) in [5, 5.41) is 3.96. The number of aryl methyl sites for hydroxylation is 1. The fourth-order valence-corrected chi connectivity index (χ4v) is 4.23. The summed E-state index contributed by atoms with van der Waals surface area (Å²) < 4.78 is 5.33. The molecule has 0 atom stereocenters. The minimum absolute atomic E-state index is 0.0896. The van der Waals surface area contributed by atoms with Gasteiger partial charge >= 0.3 is 0 Å². The maximum atomic E-state index is 13.0. The molecule has 0 spiro atoms. The van der Waals surface area contributed by atoms with Gasteiger partial charge in [-0.1, -0.05) is 29.3 Å². The van der Waals surface area contributed by atoms with Gasteiger partial charge in [-0.15, -0.1) is 0 Å². The molecule has 1 saturated heterocycles. The summed E-state index contributed by atoms with van der Waals surface area (Å²) in [6.45, 7) is 4.46. The predicted molar refractivity (Wildman–Crippen MR) is 137 cm³/mol. The number of anilines is 2. The van der Waals surface area contributed by atoms with Gasteiger partial charge in [0, 0.05) is 53.2 Å². The Kier molecular flexibility index (Phi) is 7.29. The van der Waals surface area contributed by atoms with E-state index in [1.165, 1.54) is 0 Å². The molecule has 0 radical (unpaired) electrons. The number of amides is 2. The molecule has 0 unspecified atom stereocenters. The van der Waals surface area contributed by atoms with Gasteiger partial charge in [0.05, 0.1) is 12.7 Å². The Morgan fingerprint density at radius 1 is 0.912 bits per heavy atom. The fraction of sp³-hybridized carbons (Fsp3) is 0.231. The summed E-state index contributed by atoms with van der Waals surface area (Å²) in [5.74, 6) is 0.217. The molecule has 0 aliphatic carbocycles. The Hall–Kier alpha value is -3.22. The molecule has 0 aromatic heterocycles. The first kappa shape index (κ1) is 23.9. The number of hydrogen-bond donors (Lipinski definition) is 1. The van der Waals surface area contributed by atoms with Crippen molar-refractivity contribution in [3.63, 3.8) is 0 Å². The number of halogens is 2. The average Bonchev–Trinajstić information content (AvgIpc) is 2.85. The lowest BCUT2D eigenvalue weighted by Gasteiger charge is -2.36. The highest BCUT2D eigenvalue weighted by molar-refractivity contribution is 6.32. The molecule has 1 heterocycles. The maximum absolute atomic E-state index is 13.0. The highest BCUT2D eigenvalue weighted by atomic mass is 35.5. The normalized spacial score (nSPS) is 13.5. The van der Waals surface area contributed by atoms with E-state index in [-0.39, 0.29) is 11.8 Å². The van der Waals surface area contributed by atoms with Crippen molar-refractivity contribution in [2.45, 2.75) is 6.92 Å². The number of rotatable bonds is 5. The Bertz CT molecular complexity index is 1210. The zero-order valence-electron chi connectivity index (χ0n) is 19.0. The van der Waals surface area contributed by atoms with Crippen LogP contribution in [0.4, 0.5) is 11.4 Å². The summed E-state index contributed by atoms with van der Waals surface area (Å²) in [6.07, 6.45) is 0. The molecule has 3 aromatic carbocycles. The number of nitrogens with one attached hydrogen (secondary N) is 1. The summed E-state index contributed by atoms with van der Waals surface area (Å²) in [6, 6.07) is 18.0. The van der Waals surface area contributed by atoms with E-state index in [1.54, 1.807) is 37.4 Å². The molecule has 3 aromatic rings. The number of benzene rings is 3. The van der Waals surface area contributed by atoms with Crippen LogP contribution in [0.25, 0.3) is 0 Å². The molecule has 4 rings (SSSR count). The van der Waals surface area contributed by atoms with Crippen molar-refractivity contribution >= 4 is 46.4 Å². The first-order chi connectivity index (χ1) is 16.4. The number of ether oxygens (including phenoxy) is 1. The van der Waals surface area contributed by atoms with Crippen LogP contribution in [0.2, 0.25) is 10.0 Å². The summed E-state index contributed by atoms with van der Waals surface area (Å²) in [4.78, 5) is 29.5. The van der Waals surface area contributed by atoms with Crippen molar-refractivity contribution in [2.75, 3.05) is 43.5 Å². The molecule has 176 valence electrons. The molecular formula is C26H25Cl2N3O3. The molecule has 1 fully saturated rings. The SMILES string of the molecule is COc1ccc(Cl)cc1C(=O)N1CCN(c2ccc(NC(=O)c3ccc(C)c(Cl)c3)cc2)CC1. The predicted octanol–water partition coefficient (Wildman–Crippen LogP) is 5.53. The smallest absolute Gasteiger partial charge is 0.257 e. The highest BCUT2D eigenvalue weighted by Gasteiger charge is 2.24. The number of carbonyl (C=O) groups excluding carboxylic acids is 2. The van der Waals surface area contributed by atoms with E-state index in [9.17, 15) is 9.59 Å². The van der Waals surface area contributed by atoms with Gasteiger partial charge in [0.1, 0.15) is 5.75 Å². The fourth-order valence-electron chi connectivity index (χ4n) is 3.88. The van der Waals surface area contributed by atoms with Gasteiger partial charge in [-0.3, -0.25) is 9.59 Å². The third kappa shape index (κ3) is 5.29. The average molecular weight is 498 g/mol. The topological polar surface area (TPSA) is 61.9 Å². The van der Waals surface area contributed by atoms with Gasteiger partial charge in [-0.25, -0.2) is 0 Å². The molecule has 6 nitrogen and oxygen atoms in total. The van der Waals surface area contributed by atoms with Gasteiger partial charge in [0.25, 0.3) is 11.8 Å². The minimum atomic E-state index is -0.210. The standard InChI is InChI=1S/C26H25Cl2N3O3/c1-17-3-4-18(15-23(17)28)25(32)29-20-6-8-21(9-7-20)30-11-13-31(14-12-30)26(33)22-16-19(27)5-10-24(22)34-2/h3-10,15-16H,11-14H2,1-2H3,(H,29,32). The van der Waals surface area contributed by atoms with Crippen LogP contribution in [0.15, 0.2) is 60.7 Å².